The molecule has 0 saturated carbocycles. The number of hydrogen-bond acceptors (Lipinski definition) is 3. The SMILES string of the molecule is CC(C(=O)Nc1ccccc1)N(C)CCc1nc2ccccc2[nH]1. The number of aromatic nitrogens is 2. The Bertz CT molecular complexity index is 779. The Balaban J connectivity index is 1.55. The number of rotatable bonds is 6. The van der Waals surface area contributed by atoms with E-state index < -0.39 is 0 Å². The van der Waals surface area contributed by atoms with E-state index in [1.54, 1.807) is 0 Å². The summed E-state index contributed by atoms with van der Waals surface area (Å²) in [6.45, 7) is 2.67. The van der Waals surface area contributed by atoms with Crippen LogP contribution in [0.4, 0.5) is 5.69 Å². The molecule has 124 valence electrons. The van der Waals surface area contributed by atoms with Crippen molar-refractivity contribution in [3.05, 3.63) is 60.4 Å². The van der Waals surface area contributed by atoms with E-state index in [4.69, 9.17) is 0 Å². The van der Waals surface area contributed by atoms with Gasteiger partial charge in [0.2, 0.25) is 5.91 Å². The zero-order valence-electron chi connectivity index (χ0n) is 14.0. The number of nitrogens with one attached hydrogen (secondary N) is 2. The molecule has 5 heteroatoms. The van der Waals surface area contributed by atoms with Gasteiger partial charge in [-0.1, -0.05) is 30.3 Å². The van der Waals surface area contributed by atoms with E-state index in [0.717, 1.165) is 35.5 Å². The lowest BCUT2D eigenvalue weighted by Gasteiger charge is -2.23. The van der Waals surface area contributed by atoms with Crippen molar-refractivity contribution in [1.29, 1.82) is 0 Å². The standard InChI is InChI=1S/C19H22N4O/c1-14(19(24)20-15-8-4-3-5-9-15)23(2)13-12-18-21-16-10-6-7-11-17(16)22-18/h3-11,14H,12-13H2,1-2H3,(H,20,24)(H,21,22). The molecule has 2 N–H and O–H groups in total. The zero-order valence-corrected chi connectivity index (χ0v) is 14.0. The topological polar surface area (TPSA) is 61.0 Å². The highest BCUT2D eigenvalue weighted by molar-refractivity contribution is 5.94. The van der Waals surface area contributed by atoms with Crippen LogP contribution in [0.2, 0.25) is 0 Å². The molecule has 1 amide bonds. The number of imidazole rings is 1. The molecule has 0 radical (unpaired) electrons. The van der Waals surface area contributed by atoms with Gasteiger partial charge in [-0.15, -0.1) is 0 Å². The van der Waals surface area contributed by atoms with Crippen LogP contribution < -0.4 is 5.32 Å². The Morgan fingerprint density at radius 2 is 1.88 bits per heavy atom. The Morgan fingerprint density at radius 1 is 1.17 bits per heavy atom. The molecule has 0 aliphatic carbocycles. The van der Waals surface area contributed by atoms with Crippen molar-refractivity contribution in [2.45, 2.75) is 19.4 Å². The second kappa shape index (κ2) is 7.27. The number of anilines is 1. The number of para-hydroxylation sites is 3. The maximum Gasteiger partial charge on any atom is 0.241 e. The molecule has 0 spiro atoms. The summed E-state index contributed by atoms with van der Waals surface area (Å²) in [7, 11) is 1.96. The minimum atomic E-state index is -0.213. The third-order valence-electron chi connectivity index (χ3n) is 4.22. The Morgan fingerprint density at radius 3 is 2.62 bits per heavy atom. The van der Waals surface area contributed by atoms with Crippen molar-refractivity contribution in [2.24, 2.45) is 0 Å². The number of benzene rings is 2. The summed E-state index contributed by atoms with van der Waals surface area (Å²) in [5, 5.41) is 2.94. The molecule has 0 fully saturated rings. The quantitative estimate of drug-likeness (QED) is 0.733. The summed E-state index contributed by atoms with van der Waals surface area (Å²) in [5.41, 5.74) is 2.84. The predicted molar refractivity (Wildman–Crippen MR) is 97.0 cm³/mol. The van der Waals surface area contributed by atoms with Gasteiger partial charge in [0.05, 0.1) is 17.1 Å². The van der Waals surface area contributed by atoms with E-state index in [1.807, 2.05) is 73.5 Å². The van der Waals surface area contributed by atoms with E-state index in [-0.39, 0.29) is 11.9 Å². The van der Waals surface area contributed by atoms with Gasteiger partial charge >= 0.3 is 0 Å². The second-order valence-corrected chi connectivity index (χ2v) is 5.96. The lowest BCUT2D eigenvalue weighted by Crippen LogP contribution is -2.40. The summed E-state index contributed by atoms with van der Waals surface area (Å²) in [5.74, 6) is 0.937. The third kappa shape index (κ3) is 3.81. The van der Waals surface area contributed by atoms with Crippen LogP contribution in [-0.4, -0.2) is 40.4 Å². The van der Waals surface area contributed by atoms with Crippen molar-refractivity contribution in [1.82, 2.24) is 14.9 Å². The number of aromatic amines is 1. The van der Waals surface area contributed by atoms with Crippen LogP contribution in [-0.2, 0) is 11.2 Å². The first-order valence-electron chi connectivity index (χ1n) is 8.13. The van der Waals surface area contributed by atoms with Gasteiger partial charge in [0.15, 0.2) is 0 Å². The van der Waals surface area contributed by atoms with Gasteiger partial charge in [0.1, 0.15) is 5.82 Å². The van der Waals surface area contributed by atoms with Crippen molar-refractivity contribution < 1.29 is 4.79 Å². The minimum absolute atomic E-state index is 0.00620. The van der Waals surface area contributed by atoms with Gasteiger partial charge in [-0.3, -0.25) is 9.69 Å². The number of carbonyl (C=O) groups excluding carboxylic acids is 1. The molecule has 24 heavy (non-hydrogen) atoms. The van der Waals surface area contributed by atoms with Crippen molar-refractivity contribution >= 4 is 22.6 Å². The zero-order chi connectivity index (χ0) is 16.9. The Kier molecular flexibility index (Phi) is 4.91. The molecule has 0 saturated heterocycles. The largest absolute Gasteiger partial charge is 0.342 e. The van der Waals surface area contributed by atoms with Gasteiger partial charge in [-0.25, -0.2) is 4.98 Å². The van der Waals surface area contributed by atoms with Gasteiger partial charge in [0, 0.05) is 18.7 Å². The molecule has 1 aromatic heterocycles. The van der Waals surface area contributed by atoms with Gasteiger partial charge in [-0.2, -0.15) is 0 Å². The molecule has 3 rings (SSSR count). The fourth-order valence-corrected chi connectivity index (χ4v) is 2.57. The van der Waals surface area contributed by atoms with Gasteiger partial charge < -0.3 is 10.3 Å². The van der Waals surface area contributed by atoms with Crippen LogP contribution in [0, 0.1) is 0 Å². The number of fused-ring (bicyclic) bond motifs is 1. The van der Waals surface area contributed by atoms with Crippen LogP contribution in [0.25, 0.3) is 11.0 Å². The maximum atomic E-state index is 12.3. The van der Waals surface area contributed by atoms with Crippen LogP contribution in [0.3, 0.4) is 0 Å². The van der Waals surface area contributed by atoms with E-state index in [9.17, 15) is 4.79 Å². The van der Waals surface area contributed by atoms with Gasteiger partial charge in [-0.05, 0) is 38.2 Å². The van der Waals surface area contributed by atoms with Crippen LogP contribution in [0.5, 0.6) is 0 Å². The lowest BCUT2D eigenvalue weighted by atomic mass is 10.2. The fraction of sp³-hybridized carbons (Fsp3) is 0.263. The molecule has 1 heterocycles. The number of hydrogen-bond donors (Lipinski definition) is 2. The molecule has 3 aromatic rings. The van der Waals surface area contributed by atoms with E-state index >= 15 is 0 Å². The van der Waals surface area contributed by atoms with E-state index in [0.29, 0.717) is 0 Å². The maximum absolute atomic E-state index is 12.3. The summed E-state index contributed by atoms with van der Waals surface area (Å²) < 4.78 is 0. The smallest absolute Gasteiger partial charge is 0.241 e. The minimum Gasteiger partial charge on any atom is -0.342 e. The molecule has 2 aromatic carbocycles. The molecular formula is C19H22N4O. The normalized spacial score (nSPS) is 12.5. The monoisotopic (exact) mass is 322 g/mol. The Hall–Kier alpha value is -2.66. The van der Waals surface area contributed by atoms with E-state index in [1.165, 1.54) is 0 Å². The van der Waals surface area contributed by atoms with Crippen molar-refractivity contribution in [3.8, 4) is 0 Å². The highest BCUT2D eigenvalue weighted by Crippen LogP contribution is 2.12. The average Bonchev–Trinajstić information content (AvgIpc) is 3.02. The predicted octanol–water partition coefficient (Wildman–Crippen LogP) is 3.06. The number of likely N-dealkylation sites (N-methyl/N-ethyl adjacent to an activating group) is 1. The summed E-state index contributed by atoms with van der Waals surface area (Å²) >= 11 is 0. The third-order valence-corrected chi connectivity index (χ3v) is 4.22. The highest BCUT2D eigenvalue weighted by atomic mass is 16.2. The van der Waals surface area contributed by atoms with Crippen LogP contribution >= 0.6 is 0 Å². The summed E-state index contributed by atoms with van der Waals surface area (Å²) in [6, 6.07) is 17.3. The first kappa shape index (κ1) is 16.2. The van der Waals surface area contributed by atoms with Crippen molar-refractivity contribution in [2.75, 3.05) is 18.9 Å². The van der Waals surface area contributed by atoms with Crippen molar-refractivity contribution in [3.63, 3.8) is 0 Å². The molecule has 0 bridgehead atoms. The molecule has 1 unspecified atom stereocenters. The highest BCUT2D eigenvalue weighted by Gasteiger charge is 2.18. The Labute approximate surface area is 141 Å². The van der Waals surface area contributed by atoms with Crippen LogP contribution in [0.1, 0.15) is 12.7 Å². The summed E-state index contributed by atoms with van der Waals surface area (Å²) in [6.07, 6.45) is 0.772. The van der Waals surface area contributed by atoms with E-state index in [2.05, 4.69) is 15.3 Å². The number of H-pyrrole nitrogens is 1. The summed E-state index contributed by atoms with van der Waals surface area (Å²) in [4.78, 5) is 22.3. The molecule has 1 atom stereocenters. The first-order chi connectivity index (χ1) is 11.6. The number of carbonyl (C=O) groups is 1. The van der Waals surface area contributed by atoms with Crippen LogP contribution in [0.15, 0.2) is 54.6 Å². The lowest BCUT2D eigenvalue weighted by molar-refractivity contribution is -0.120. The molecule has 0 aliphatic rings. The first-order valence-corrected chi connectivity index (χ1v) is 8.13. The molecule has 0 aliphatic heterocycles. The number of amides is 1. The molecule has 5 nitrogen and oxygen atoms in total. The number of nitrogens with zero attached hydrogens (tertiary/aromatic N) is 2. The molecular weight excluding hydrogens is 300 g/mol. The second-order valence-electron chi connectivity index (χ2n) is 5.96. The average molecular weight is 322 g/mol. The fourth-order valence-electron chi connectivity index (χ4n) is 2.57. The van der Waals surface area contributed by atoms with Gasteiger partial charge in [0.25, 0.3) is 0 Å².